The summed E-state index contributed by atoms with van der Waals surface area (Å²) < 4.78 is 0. The summed E-state index contributed by atoms with van der Waals surface area (Å²) in [5, 5.41) is 0. The quantitative estimate of drug-likeness (QED) is 0.552. The average molecular weight is 161 g/mol. The van der Waals surface area contributed by atoms with Crippen molar-refractivity contribution < 1.29 is 32.7 Å². The maximum atomic E-state index is 2.22. The Hall–Kier alpha value is 1.10. The van der Waals surface area contributed by atoms with Gasteiger partial charge in [-0.1, -0.05) is 27.2 Å². The number of hydrogen-bond donors (Lipinski definition) is 0. The van der Waals surface area contributed by atoms with Gasteiger partial charge in [-0.15, -0.1) is 0 Å². The molecule has 6 heavy (non-hydrogen) atoms. The van der Waals surface area contributed by atoms with Gasteiger partial charge in [-0.25, -0.2) is 0 Å². The Morgan fingerprint density at radius 3 is 1.50 bits per heavy atom. The van der Waals surface area contributed by atoms with Gasteiger partial charge in [-0.3, -0.25) is 0 Å². The van der Waals surface area contributed by atoms with Crippen LogP contribution in [-0.4, -0.2) is 0 Å². The topological polar surface area (TPSA) is 0 Å². The molecule has 0 bridgehead atoms. The molecule has 0 unspecified atom stereocenters. The summed E-state index contributed by atoms with van der Waals surface area (Å²) in [6, 6.07) is 0. The van der Waals surface area contributed by atoms with E-state index in [2.05, 4.69) is 20.8 Å². The fraction of sp³-hybridized carbons (Fsp3) is 1.00. The van der Waals surface area contributed by atoms with Gasteiger partial charge in [0.1, 0.15) is 0 Å². The fourth-order valence-electron chi connectivity index (χ4n) is 0. The number of rotatable bonds is 1. The van der Waals surface area contributed by atoms with Gasteiger partial charge in [-0.2, -0.15) is 0 Å². The molecule has 0 heterocycles. The van der Waals surface area contributed by atoms with E-state index in [-0.39, 0.29) is 32.7 Å². The van der Waals surface area contributed by atoms with Crippen molar-refractivity contribution in [3.05, 3.63) is 0 Å². The molecule has 0 atom stereocenters. The monoisotopic (exact) mass is 161 g/mol. The zero-order valence-electron chi connectivity index (χ0n) is 4.86. The molecule has 0 aliphatic carbocycles. The predicted molar refractivity (Wildman–Crippen MR) is 25.1 cm³/mol. The Morgan fingerprint density at radius 1 is 1.33 bits per heavy atom. The third-order valence-electron chi connectivity index (χ3n) is 0.816. The zero-order chi connectivity index (χ0) is 4.28. The maximum Gasteiger partial charge on any atom is 0 e. The molecule has 0 aliphatic heterocycles. The molecule has 0 N–H and O–H groups in total. The van der Waals surface area contributed by atoms with Gasteiger partial charge >= 0.3 is 0 Å². The van der Waals surface area contributed by atoms with Crippen LogP contribution >= 0.6 is 0 Å². The molecule has 0 saturated heterocycles. The first-order valence-corrected chi connectivity index (χ1v) is 2.27. The largest absolute Gasteiger partial charge is 0.0651 e. The molecule has 1 heteroatoms. The molecular weight excluding hydrogens is 149 g/mol. The SMILES string of the molecule is CCC(C)C.[Y]. The van der Waals surface area contributed by atoms with Crippen LogP contribution in [0.3, 0.4) is 0 Å². The summed E-state index contributed by atoms with van der Waals surface area (Å²) in [6.45, 7) is 6.64. The first-order chi connectivity index (χ1) is 2.27. The summed E-state index contributed by atoms with van der Waals surface area (Å²) in [6.07, 6.45) is 1.31. The van der Waals surface area contributed by atoms with Gasteiger partial charge in [0, 0.05) is 32.7 Å². The normalized spacial score (nSPS) is 8.00. The van der Waals surface area contributed by atoms with Crippen LogP contribution in [0.25, 0.3) is 0 Å². The molecule has 0 aromatic heterocycles. The minimum Gasteiger partial charge on any atom is -0.0651 e. The zero-order valence-corrected chi connectivity index (χ0v) is 7.70. The van der Waals surface area contributed by atoms with Crippen molar-refractivity contribution in [1.82, 2.24) is 0 Å². The molecule has 0 aromatic rings. The summed E-state index contributed by atoms with van der Waals surface area (Å²) in [5.41, 5.74) is 0. The first-order valence-electron chi connectivity index (χ1n) is 2.27. The van der Waals surface area contributed by atoms with E-state index < -0.39 is 0 Å². The van der Waals surface area contributed by atoms with Crippen LogP contribution in [0, 0.1) is 5.92 Å². The van der Waals surface area contributed by atoms with Crippen molar-refractivity contribution in [2.45, 2.75) is 27.2 Å². The Kier molecular flexibility index (Phi) is 10.3. The molecule has 0 fully saturated rings. The molecule has 0 aliphatic rings. The maximum absolute atomic E-state index is 2.22. The molecule has 0 amide bonds. The summed E-state index contributed by atoms with van der Waals surface area (Å²) in [4.78, 5) is 0. The molecule has 0 spiro atoms. The van der Waals surface area contributed by atoms with Gasteiger partial charge in [-0.05, 0) is 5.92 Å². The van der Waals surface area contributed by atoms with Crippen molar-refractivity contribution in [3.8, 4) is 0 Å². The molecular formula is C5H12Y. The van der Waals surface area contributed by atoms with E-state index in [0.717, 1.165) is 5.92 Å². The van der Waals surface area contributed by atoms with E-state index in [9.17, 15) is 0 Å². The molecule has 35 valence electrons. The van der Waals surface area contributed by atoms with Crippen LogP contribution in [0.4, 0.5) is 0 Å². The average Bonchev–Trinajstić information content (AvgIpc) is 1.38. The standard InChI is InChI=1S/C5H12.Y/c1-4-5(2)3;/h5H,4H2,1-3H3;. The summed E-state index contributed by atoms with van der Waals surface area (Å²) >= 11 is 0. The Bertz CT molecular complexity index is 17.9. The van der Waals surface area contributed by atoms with Crippen LogP contribution in [0.2, 0.25) is 0 Å². The van der Waals surface area contributed by atoms with Crippen LogP contribution < -0.4 is 0 Å². The molecule has 0 rings (SSSR count). The van der Waals surface area contributed by atoms with E-state index in [1.807, 2.05) is 0 Å². The van der Waals surface area contributed by atoms with Crippen LogP contribution in [-0.2, 0) is 32.7 Å². The third kappa shape index (κ3) is 8.92. The van der Waals surface area contributed by atoms with Crippen LogP contribution in [0.15, 0.2) is 0 Å². The smallest absolute Gasteiger partial charge is 0 e. The second-order valence-corrected chi connectivity index (χ2v) is 1.80. The van der Waals surface area contributed by atoms with Crippen molar-refractivity contribution in [2.24, 2.45) is 5.92 Å². The molecule has 1 radical (unpaired) electrons. The number of hydrogen-bond acceptors (Lipinski definition) is 0. The fourth-order valence-corrected chi connectivity index (χ4v) is 0. The first kappa shape index (κ1) is 10.2. The second kappa shape index (κ2) is 6.10. The summed E-state index contributed by atoms with van der Waals surface area (Å²) in [5.74, 6) is 0.884. The Morgan fingerprint density at radius 2 is 1.50 bits per heavy atom. The van der Waals surface area contributed by atoms with Crippen molar-refractivity contribution in [1.29, 1.82) is 0 Å². The van der Waals surface area contributed by atoms with Crippen molar-refractivity contribution in [2.75, 3.05) is 0 Å². The van der Waals surface area contributed by atoms with E-state index in [4.69, 9.17) is 0 Å². The molecule has 0 nitrogen and oxygen atoms in total. The van der Waals surface area contributed by atoms with E-state index in [1.54, 1.807) is 0 Å². The third-order valence-corrected chi connectivity index (χ3v) is 0.816. The van der Waals surface area contributed by atoms with Gasteiger partial charge in [0.15, 0.2) is 0 Å². The van der Waals surface area contributed by atoms with E-state index in [0.29, 0.717) is 0 Å². The minimum absolute atomic E-state index is 0. The second-order valence-electron chi connectivity index (χ2n) is 1.80. The predicted octanol–water partition coefficient (Wildman–Crippen LogP) is 2.05. The van der Waals surface area contributed by atoms with Crippen LogP contribution in [0.1, 0.15) is 27.2 Å². The minimum atomic E-state index is 0. The van der Waals surface area contributed by atoms with Crippen molar-refractivity contribution >= 4 is 0 Å². The van der Waals surface area contributed by atoms with E-state index >= 15 is 0 Å². The van der Waals surface area contributed by atoms with Gasteiger partial charge in [0.2, 0.25) is 0 Å². The Labute approximate surface area is 65.6 Å². The molecule has 0 aromatic carbocycles. The Balaban J connectivity index is 0. The summed E-state index contributed by atoms with van der Waals surface area (Å²) in [7, 11) is 0. The van der Waals surface area contributed by atoms with Gasteiger partial charge in [0.05, 0.1) is 0 Å². The van der Waals surface area contributed by atoms with Gasteiger partial charge < -0.3 is 0 Å². The van der Waals surface area contributed by atoms with Crippen molar-refractivity contribution in [3.63, 3.8) is 0 Å². The van der Waals surface area contributed by atoms with E-state index in [1.165, 1.54) is 6.42 Å². The van der Waals surface area contributed by atoms with Gasteiger partial charge in [0.25, 0.3) is 0 Å². The molecule has 0 saturated carbocycles. The van der Waals surface area contributed by atoms with Crippen LogP contribution in [0.5, 0.6) is 0 Å².